The van der Waals surface area contributed by atoms with E-state index in [2.05, 4.69) is 5.32 Å². The molecule has 1 aliphatic heterocycles. The maximum Gasteiger partial charge on any atom is 0.253 e. The van der Waals surface area contributed by atoms with E-state index in [9.17, 15) is 9.59 Å². The van der Waals surface area contributed by atoms with Crippen LogP contribution >= 0.6 is 12.4 Å². The molecule has 0 aromatic heterocycles. The minimum atomic E-state index is -0.309. The molecule has 0 spiro atoms. The zero-order valence-corrected chi connectivity index (χ0v) is 16.8. The Morgan fingerprint density at radius 1 is 0.964 bits per heavy atom. The third kappa shape index (κ3) is 6.08. The van der Waals surface area contributed by atoms with Gasteiger partial charge in [0.05, 0.1) is 0 Å². The zero-order valence-electron chi connectivity index (χ0n) is 16.0. The third-order valence-corrected chi connectivity index (χ3v) is 4.97. The minimum Gasteiger partial charge on any atom is -0.352 e. The molecule has 3 rings (SSSR count). The first-order valence-electron chi connectivity index (χ1n) is 9.59. The second-order valence-corrected chi connectivity index (χ2v) is 7.05. The summed E-state index contributed by atoms with van der Waals surface area (Å²) in [6.45, 7) is 2.12. The fraction of sp³-hybridized carbons (Fsp3) is 0.364. The summed E-state index contributed by atoms with van der Waals surface area (Å²) in [4.78, 5) is 26.5. The highest BCUT2D eigenvalue weighted by atomic mass is 35.5. The molecular weight excluding hydrogens is 374 g/mol. The van der Waals surface area contributed by atoms with Crippen molar-refractivity contribution in [2.45, 2.75) is 38.3 Å². The van der Waals surface area contributed by atoms with Crippen molar-refractivity contribution >= 4 is 24.2 Å². The van der Waals surface area contributed by atoms with Crippen molar-refractivity contribution in [2.75, 3.05) is 13.1 Å². The van der Waals surface area contributed by atoms with E-state index < -0.39 is 0 Å². The lowest BCUT2D eigenvalue weighted by atomic mass is 10.0. The molecule has 1 fully saturated rings. The lowest BCUT2D eigenvalue weighted by Gasteiger charge is -2.26. The molecule has 28 heavy (non-hydrogen) atoms. The van der Waals surface area contributed by atoms with Gasteiger partial charge in [0.25, 0.3) is 5.91 Å². The first kappa shape index (κ1) is 21.9. The van der Waals surface area contributed by atoms with Crippen molar-refractivity contribution in [3.63, 3.8) is 0 Å². The third-order valence-electron chi connectivity index (χ3n) is 4.97. The number of likely N-dealkylation sites (tertiary alicyclic amines) is 1. The number of carbonyl (C=O) groups excluding carboxylic acids is 2. The summed E-state index contributed by atoms with van der Waals surface area (Å²) >= 11 is 0. The molecule has 3 N–H and O–H groups in total. The number of benzene rings is 2. The van der Waals surface area contributed by atoms with Crippen LogP contribution in [0.15, 0.2) is 54.6 Å². The van der Waals surface area contributed by atoms with Gasteiger partial charge in [-0.05, 0) is 42.5 Å². The normalized spacial score (nSPS) is 14.7. The Balaban J connectivity index is 0.00000280. The van der Waals surface area contributed by atoms with Crippen LogP contribution in [0.25, 0.3) is 0 Å². The summed E-state index contributed by atoms with van der Waals surface area (Å²) in [6.07, 6.45) is 3.62. The van der Waals surface area contributed by atoms with Crippen molar-refractivity contribution in [3.05, 3.63) is 71.3 Å². The fourth-order valence-electron chi connectivity index (χ4n) is 3.34. The predicted molar refractivity (Wildman–Crippen MR) is 113 cm³/mol. The summed E-state index contributed by atoms with van der Waals surface area (Å²) in [5.74, 6) is 0.0129. The van der Waals surface area contributed by atoms with Crippen LogP contribution in [0.3, 0.4) is 0 Å². The highest BCUT2D eigenvalue weighted by molar-refractivity contribution is 5.94. The number of rotatable bonds is 6. The Morgan fingerprint density at radius 3 is 2.25 bits per heavy atom. The Kier molecular flexibility index (Phi) is 8.48. The van der Waals surface area contributed by atoms with Gasteiger partial charge in [0.1, 0.15) is 0 Å². The van der Waals surface area contributed by atoms with Crippen molar-refractivity contribution in [1.29, 1.82) is 0 Å². The van der Waals surface area contributed by atoms with Crippen LogP contribution in [-0.4, -0.2) is 29.8 Å². The topological polar surface area (TPSA) is 75.4 Å². The number of amides is 2. The van der Waals surface area contributed by atoms with Gasteiger partial charge in [0.15, 0.2) is 0 Å². The molecule has 1 heterocycles. The van der Waals surface area contributed by atoms with Crippen LogP contribution in [0.4, 0.5) is 0 Å². The van der Waals surface area contributed by atoms with Crippen LogP contribution in [-0.2, 0) is 11.3 Å². The number of hydrogen-bond donors (Lipinski definition) is 2. The summed E-state index contributed by atoms with van der Waals surface area (Å²) in [5, 5.41) is 2.90. The minimum absolute atomic E-state index is 0. The molecule has 1 atom stereocenters. The summed E-state index contributed by atoms with van der Waals surface area (Å²) in [7, 11) is 0. The molecule has 2 aromatic rings. The number of piperidine rings is 1. The number of nitrogens with two attached hydrogens (primary N) is 1. The molecule has 0 saturated carbocycles. The monoisotopic (exact) mass is 401 g/mol. The smallest absolute Gasteiger partial charge is 0.253 e. The number of nitrogens with one attached hydrogen (secondary N) is 1. The molecule has 150 valence electrons. The van der Waals surface area contributed by atoms with E-state index in [1.807, 2.05) is 59.5 Å². The van der Waals surface area contributed by atoms with Crippen molar-refractivity contribution in [2.24, 2.45) is 5.73 Å². The Labute approximate surface area is 172 Å². The van der Waals surface area contributed by atoms with Gasteiger partial charge in [0.2, 0.25) is 5.91 Å². The number of halogens is 1. The molecule has 0 bridgehead atoms. The van der Waals surface area contributed by atoms with E-state index in [1.54, 1.807) is 0 Å². The van der Waals surface area contributed by atoms with Crippen molar-refractivity contribution < 1.29 is 9.59 Å². The fourth-order valence-corrected chi connectivity index (χ4v) is 3.34. The van der Waals surface area contributed by atoms with Crippen LogP contribution in [0.1, 0.15) is 53.2 Å². The maximum absolute atomic E-state index is 12.5. The van der Waals surface area contributed by atoms with Gasteiger partial charge in [-0.1, -0.05) is 42.5 Å². The largest absolute Gasteiger partial charge is 0.352 e. The summed E-state index contributed by atoms with van der Waals surface area (Å²) in [5.41, 5.74) is 8.71. The number of nitrogens with zero attached hydrogens (tertiary/aromatic N) is 1. The van der Waals surface area contributed by atoms with Gasteiger partial charge in [-0.2, -0.15) is 0 Å². The van der Waals surface area contributed by atoms with Crippen LogP contribution in [0.5, 0.6) is 0 Å². The van der Waals surface area contributed by atoms with Gasteiger partial charge in [-0.25, -0.2) is 0 Å². The van der Waals surface area contributed by atoms with Crippen LogP contribution in [0, 0.1) is 0 Å². The highest BCUT2D eigenvalue weighted by Gasteiger charge is 2.18. The van der Waals surface area contributed by atoms with Gasteiger partial charge in [0, 0.05) is 37.7 Å². The molecule has 2 amide bonds. The lowest BCUT2D eigenvalue weighted by molar-refractivity contribution is -0.121. The number of hydrogen-bond acceptors (Lipinski definition) is 3. The van der Waals surface area contributed by atoms with E-state index >= 15 is 0 Å². The predicted octanol–water partition coefficient (Wildman–Crippen LogP) is 3.44. The second kappa shape index (κ2) is 10.8. The summed E-state index contributed by atoms with van der Waals surface area (Å²) in [6, 6.07) is 16.8. The molecule has 6 heteroatoms. The zero-order chi connectivity index (χ0) is 19.1. The molecule has 5 nitrogen and oxygen atoms in total. The molecule has 0 aliphatic carbocycles. The van der Waals surface area contributed by atoms with Gasteiger partial charge >= 0.3 is 0 Å². The Bertz CT molecular complexity index is 759. The molecule has 0 radical (unpaired) electrons. The molecule has 2 aromatic carbocycles. The number of carbonyl (C=O) groups is 2. The lowest BCUT2D eigenvalue weighted by Crippen LogP contribution is -2.35. The standard InChI is InChI=1S/C22H27N3O2.ClH/c23-20(18-7-3-1-4-8-18)15-21(26)24-16-17-9-11-19(12-10-17)22(27)25-13-5-2-6-14-25;/h1,3-4,7-12,20H,2,5-6,13-16,23H2,(H,24,26);1H. The Morgan fingerprint density at radius 2 is 1.61 bits per heavy atom. The van der Waals surface area contributed by atoms with Gasteiger partial charge < -0.3 is 16.0 Å². The van der Waals surface area contributed by atoms with Crippen LogP contribution in [0.2, 0.25) is 0 Å². The quantitative estimate of drug-likeness (QED) is 0.778. The van der Waals surface area contributed by atoms with E-state index in [1.165, 1.54) is 6.42 Å². The van der Waals surface area contributed by atoms with E-state index in [0.29, 0.717) is 12.1 Å². The SMILES string of the molecule is Cl.NC(CC(=O)NCc1ccc(C(=O)N2CCCCC2)cc1)c1ccccc1. The van der Waals surface area contributed by atoms with Gasteiger partial charge in [-0.3, -0.25) is 9.59 Å². The van der Waals surface area contributed by atoms with Crippen LogP contribution < -0.4 is 11.1 Å². The first-order chi connectivity index (χ1) is 13.1. The van der Waals surface area contributed by atoms with Gasteiger partial charge in [-0.15, -0.1) is 12.4 Å². The van der Waals surface area contributed by atoms with Crippen molar-refractivity contribution in [1.82, 2.24) is 10.2 Å². The molecule has 1 aliphatic rings. The molecule has 1 saturated heterocycles. The highest BCUT2D eigenvalue weighted by Crippen LogP contribution is 2.15. The average molecular weight is 402 g/mol. The van der Waals surface area contributed by atoms with Crippen molar-refractivity contribution in [3.8, 4) is 0 Å². The summed E-state index contributed by atoms with van der Waals surface area (Å²) < 4.78 is 0. The molecular formula is C22H28ClN3O2. The first-order valence-corrected chi connectivity index (χ1v) is 9.59. The Hall–Kier alpha value is -2.37. The second-order valence-electron chi connectivity index (χ2n) is 7.05. The average Bonchev–Trinajstić information content (AvgIpc) is 2.73. The molecule has 1 unspecified atom stereocenters. The van der Waals surface area contributed by atoms with E-state index in [0.717, 1.165) is 37.1 Å². The van der Waals surface area contributed by atoms with E-state index in [4.69, 9.17) is 5.73 Å². The maximum atomic E-state index is 12.5. The van der Waals surface area contributed by atoms with E-state index in [-0.39, 0.29) is 36.7 Å².